The molecule has 5 heteroatoms. The van der Waals surface area contributed by atoms with Gasteiger partial charge in [-0.15, -0.1) is 0 Å². The maximum absolute atomic E-state index is 10.2. The van der Waals surface area contributed by atoms with E-state index in [1.807, 2.05) is 32.1 Å². The van der Waals surface area contributed by atoms with E-state index in [9.17, 15) is 5.11 Å². The molecule has 0 aliphatic rings. The predicted molar refractivity (Wildman–Crippen MR) is 66.9 cm³/mol. The fourth-order valence-electron chi connectivity index (χ4n) is 1.49. The lowest BCUT2D eigenvalue weighted by atomic mass is 10.2. The zero-order valence-electron chi connectivity index (χ0n) is 10.9. The van der Waals surface area contributed by atoms with Crippen molar-refractivity contribution in [1.82, 2.24) is 14.8 Å². The number of likely N-dealkylation sites (N-methyl/N-ethyl adjacent to an activating group) is 2. The fraction of sp³-hybridized carbons (Fsp3) is 0.583. The average molecular weight is 239 g/mol. The van der Waals surface area contributed by atoms with Crippen LogP contribution in [0.3, 0.4) is 0 Å². The quantitative estimate of drug-likeness (QED) is 0.736. The van der Waals surface area contributed by atoms with Crippen LogP contribution in [0.25, 0.3) is 0 Å². The van der Waals surface area contributed by atoms with Crippen molar-refractivity contribution in [2.24, 2.45) is 0 Å². The van der Waals surface area contributed by atoms with Crippen LogP contribution in [0.4, 0.5) is 0 Å². The molecule has 1 heterocycles. The summed E-state index contributed by atoms with van der Waals surface area (Å²) in [6.45, 7) is 1.66. The Labute approximate surface area is 103 Å². The van der Waals surface area contributed by atoms with Gasteiger partial charge in [-0.05, 0) is 33.3 Å². The van der Waals surface area contributed by atoms with Gasteiger partial charge in [-0.2, -0.15) is 0 Å². The van der Waals surface area contributed by atoms with Crippen LogP contribution in [0.5, 0.6) is 5.88 Å². The number of hydrogen-bond acceptors (Lipinski definition) is 5. The minimum Gasteiger partial charge on any atom is -0.481 e. The van der Waals surface area contributed by atoms with Crippen LogP contribution in [0, 0.1) is 0 Å². The molecule has 5 nitrogen and oxygen atoms in total. The number of aliphatic hydroxyl groups excluding tert-OH is 1. The number of nitrogens with zero attached hydrogens (tertiary/aromatic N) is 3. The second-order valence-electron chi connectivity index (χ2n) is 4.26. The first-order chi connectivity index (χ1) is 8.06. The van der Waals surface area contributed by atoms with Gasteiger partial charge in [-0.3, -0.25) is 4.90 Å². The minimum atomic E-state index is -0.696. The van der Waals surface area contributed by atoms with Crippen LogP contribution in [0.1, 0.15) is 11.8 Å². The van der Waals surface area contributed by atoms with Crippen molar-refractivity contribution in [2.45, 2.75) is 6.23 Å². The largest absolute Gasteiger partial charge is 0.481 e. The molecule has 0 saturated carbocycles. The normalized spacial score (nSPS) is 13.1. The molecule has 1 aromatic rings. The van der Waals surface area contributed by atoms with Gasteiger partial charge in [-0.1, -0.05) is 0 Å². The highest BCUT2D eigenvalue weighted by atomic mass is 16.5. The Morgan fingerprint density at radius 3 is 2.65 bits per heavy atom. The Morgan fingerprint density at radius 2 is 2.06 bits per heavy atom. The minimum absolute atomic E-state index is 0.469. The van der Waals surface area contributed by atoms with Gasteiger partial charge in [0.1, 0.15) is 6.23 Å². The fourth-order valence-corrected chi connectivity index (χ4v) is 1.49. The van der Waals surface area contributed by atoms with Gasteiger partial charge in [0.2, 0.25) is 5.88 Å². The lowest BCUT2D eigenvalue weighted by Gasteiger charge is -2.25. The highest BCUT2D eigenvalue weighted by molar-refractivity contribution is 5.27. The van der Waals surface area contributed by atoms with Gasteiger partial charge in [0.15, 0.2) is 0 Å². The molecule has 0 aliphatic carbocycles. The molecule has 1 atom stereocenters. The molecule has 0 aliphatic heterocycles. The van der Waals surface area contributed by atoms with Crippen molar-refractivity contribution in [3.8, 4) is 5.88 Å². The van der Waals surface area contributed by atoms with Crippen molar-refractivity contribution in [3.05, 3.63) is 23.9 Å². The highest BCUT2D eigenvalue weighted by Crippen LogP contribution is 2.23. The molecule has 1 N–H and O–H groups in total. The third-order valence-electron chi connectivity index (χ3n) is 2.59. The Balaban J connectivity index is 2.70. The SMILES string of the molecule is COc1ncccc1C(O)N(C)CCN(C)C. The third kappa shape index (κ3) is 3.96. The predicted octanol–water partition coefficient (Wildman–Crippen LogP) is 0.574. The zero-order valence-corrected chi connectivity index (χ0v) is 10.9. The van der Waals surface area contributed by atoms with E-state index in [0.717, 1.165) is 13.1 Å². The van der Waals surface area contributed by atoms with Crippen LogP contribution < -0.4 is 4.74 Å². The van der Waals surface area contributed by atoms with Crippen molar-refractivity contribution < 1.29 is 9.84 Å². The van der Waals surface area contributed by atoms with Gasteiger partial charge < -0.3 is 14.7 Å². The van der Waals surface area contributed by atoms with E-state index in [1.165, 1.54) is 0 Å². The number of methoxy groups -OCH3 is 1. The Bertz CT molecular complexity index is 344. The summed E-state index contributed by atoms with van der Waals surface area (Å²) in [4.78, 5) is 8.01. The topological polar surface area (TPSA) is 48.8 Å². The number of pyridine rings is 1. The molecule has 0 radical (unpaired) electrons. The Kier molecular flexibility index (Phi) is 5.34. The summed E-state index contributed by atoms with van der Waals surface area (Å²) in [6.07, 6.45) is 0.952. The van der Waals surface area contributed by atoms with E-state index in [4.69, 9.17) is 4.74 Å². The maximum atomic E-state index is 10.2. The molecule has 0 aromatic carbocycles. The van der Waals surface area contributed by atoms with Crippen LogP contribution in [0.15, 0.2) is 18.3 Å². The third-order valence-corrected chi connectivity index (χ3v) is 2.59. The molecule has 1 unspecified atom stereocenters. The summed E-state index contributed by atoms with van der Waals surface area (Å²) in [6, 6.07) is 3.61. The molecule has 0 spiro atoms. The molecule has 0 amide bonds. The van der Waals surface area contributed by atoms with Crippen LogP contribution >= 0.6 is 0 Å². The molecule has 0 bridgehead atoms. The molecule has 1 rings (SSSR count). The standard InChI is InChI=1S/C12H21N3O2/c1-14(2)8-9-15(3)12(16)10-6-5-7-13-11(10)17-4/h5-7,12,16H,8-9H2,1-4H3. The van der Waals surface area contributed by atoms with Gasteiger partial charge in [-0.25, -0.2) is 4.98 Å². The molecule has 0 fully saturated rings. The zero-order chi connectivity index (χ0) is 12.8. The monoisotopic (exact) mass is 239 g/mol. The summed E-state index contributed by atoms with van der Waals surface area (Å²) in [5.74, 6) is 0.469. The van der Waals surface area contributed by atoms with Gasteiger partial charge in [0.05, 0.1) is 12.7 Å². The van der Waals surface area contributed by atoms with E-state index in [2.05, 4.69) is 9.88 Å². The van der Waals surface area contributed by atoms with Gasteiger partial charge in [0.25, 0.3) is 0 Å². The van der Waals surface area contributed by atoms with Gasteiger partial charge in [0, 0.05) is 19.3 Å². The first kappa shape index (κ1) is 13.9. The van der Waals surface area contributed by atoms with E-state index in [1.54, 1.807) is 19.4 Å². The number of rotatable bonds is 6. The number of aliphatic hydroxyl groups is 1. The molecular weight excluding hydrogens is 218 g/mol. The summed E-state index contributed by atoms with van der Waals surface area (Å²) in [7, 11) is 7.44. The summed E-state index contributed by atoms with van der Waals surface area (Å²) in [5, 5.41) is 10.2. The van der Waals surface area contributed by atoms with Crippen LogP contribution in [0.2, 0.25) is 0 Å². The average Bonchev–Trinajstić information content (AvgIpc) is 2.34. The molecular formula is C12H21N3O2. The van der Waals surface area contributed by atoms with Gasteiger partial charge >= 0.3 is 0 Å². The van der Waals surface area contributed by atoms with E-state index in [0.29, 0.717) is 11.4 Å². The van der Waals surface area contributed by atoms with Crippen LogP contribution in [-0.2, 0) is 0 Å². The van der Waals surface area contributed by atoms with E-state index >= 15 is 0 Å². The lowest BCUT2D eigenvalue weighted by Crippen LogP contribution is -2.32. The first-order valence-electron chi connectivity index (χ1n) is 5.58. The van der Waals surface area contributed by atoms with Crippen molar-refractivity contribution in [3.63, 3.8) is 0 Å². The lowest BCUT2D eigenvalue weighted by molar-refractivity contribution is 0.0153. The summed E-state index contributed by atoms with van der Waals surface area (Å²) >= 11 is 0. The maximum Gasteiger partial charge on any atom is 0.220 e. The van der Waals surface area contributed by atoms with Crippen molar-refractivity contribution in [1.29, 1.82) is 0 Å². The molecule has 96 valence electrons. The second kappa shape index (κ2) is 6.54. The van der Waals surface area contributed by atoms with E-state index in [-0.39, 0.29) is 0 Å². The second-order valence-corrected chi connectivity index (χ2v) is 4.26. The first-order valence-corrected chi connectivity index (χ1v) is 5.58. The number of ether oxygens (including phenoxy) is 1. The van der Waals surface area contributed by atoms with E-state index < -0.39 is 6.23 Å². The smallest absolute Gasteiger partial charge is 0.220 e. The molecule has 17 heavy (non-hydrogen) atoms. The summed E-state index contributed by atoms with van der Waals surface area (Å²) < 4.78 is 5.13. The molecule has 1 aromatic heterocycles. The van der Waals surface area contributed by atoms with Crippen LogP contribution in [-0.4, -0.2) is 61.2 Å². The number of hydrogen-bond donors (Lipinski definition) is 1. The Hall–Kier alpha value is -1.17. The Morgan fingerprint density at radius 1 is 1.35 bits per heavy atom. The molecule has 0 saturated heterocycles. The van der Waals surface area contributed by atoms with Crippen molar-refractivity contribution in [2.75, 3.05) is 41.3 Å². The summed E-state index contributed by atoms with van der Waals surface area (Å²) in [5.41, 5.74) is 0.691. The number of aromatic nitrogens is 1. The van der Waals surface area contributed by atoms with Crippen molar-refractivity contribution >= 4 is 0 Å². The highest BCUT2D eigenvalue weighted by Gasteiger charge is 2.18.